The van der Waals surface area contributed by atoms with Crippen LogP contribution in [0.3, 0.4) is 0 Å². The van der Waals surface area contributed by atoms with Gasteiger partial charge in [0.05, 0.1) is 11.6 Å². The SMILES string of the molecule is CCCCOC(=O)N1CCN(C(=O)c2ccc(-c3cnc(N)c(OC(C)c4c(Cl)ccc(F)c4Cl)c3)cc2)CC1. The van der Waals surface area contributed by atoms with Gasteiger partial charge in [-0.05, 0) is 49.2 Å². The molecule has 1 aliphatic rings. The average Bonchev–Trinajstić information content (AvgIpc) is 2.96. The van der Waals surface area contributed by atoms with E-state index in [1.807, 2.05) is 19.1 Å². The summed E-state index contributed by atoms with van der Waals surface area (Å²) in [5, 5.41) is 0.159. The number of piperazine rings is 1. The summed E-state index contributed by atoms with van der Waals surface area (Å²) < 4.78 is 25.3. The fourth-order valence-corrected chi connectivity index (χ4v) is 5.03. The summed E-state index contributed by atoms with van der Waals surface area (Å²) in [5.74, 6) is -0.271. The third-order valence-electron chi connectivity index (χ3n) is 6.69. The Bertz CT molecular complexity index is 1360. The van der Waals surface area contributed by atoms with Gasteiger partial charge in [-0.3, -0.25) is 4.79 Å². The summed E-state index contributed by atoms with van der Waals surface area (Å²) in [6.45, 7) is 5.86. The number of nitrogen functional groups attached to an aromatic ring is 1. The average molecular weight is 589 g/mol. The number of pyridine rings is 1. The second-order valence-electron chi connectivity index (χ2n) is 9.45. The van der Waals surface area contributed by atoms with Crippen molar-refractivity contribution in [2.75, 3.05) is 38.5 Å². The van der Waals surface area contributed by atoms with Gasteiger partial charge in [0.2, 0.25) is 0 Å². The molecule has 0 aliphatic carbocycles. The number of ether oxygens (including phenoxy) is 2. The number of nitrogens with two attached hydrogens (primary N) is 1. The van der Waals surface area contributed by atoms with Gasteiger partial charge in [0.15, 0.2) is 11.6 Å². The van der Waals surface area contributed by atoms with E-state index >= 15 is 0 Å². The number of hydrogen-bond donors (Lipinski definition) is 1. The van der Waals surface area contributed by atoms with Crippen LogP contribution in [0.25, 0.3) is 11.1 Å². The molecule has 40 heavy (non-hydrogen) atoms. The Kier molecular flexibility index (Phi) is 9.71. The van der Waals surface area contributed by atoms with E-state index in [1.165, 1.54) is 12.1 Å². The Morgan fingerprint density at radius 2 is 1.73 bits per heavy atom. The number of rotatable bonds is 8. The van der Waals surface area contributed by atoms with Gasteiger partial charge in [-0.1, -0.05) is 48.7 Å². The van der Waals surface area contributed by atoms with Crippen molar-refractivity contribution in [2.45, 2.75) is 32.8 Å². The number of amides is 2. The molecule has 4 rings (SSSR count). The Morgan fingerprint density at radius 3 is 2.40 bits per heavy atom. The molecule has 1 aromatic heterocycles. The number of aromatic nitrogens is 1. The largest absolute Gasteiger partial charge is 0.482 e. The van der Waals surface area contributed by atoms with Crippen LogP contribution in [0.2, 0.25) is 10.0 Å². The van der Waals surface area contributed by atoms with E-state index in [1.54, 1.807) is 41.1 Å². The van der Waals surface area contributed by atoms with Crippen molar-refractivity contribution in [3.63, 3.8) is 0 Å². The number of hydrogen-bond acceptors (Lipinski definition) is 6. The first-order valence-electron chi connectivity index (χ1n) is 13.1. The molecule has 0 saturated carbocycles. The van der Waals surface area contributed by atoms with Gasteiger partial charge >= 0.3 is 6.09 Å². The number of anilines is 1. The summed E-state index contributed by atoms with van der Waals surface area (Å²) >= 11 is 12.4. The van der Waals surface area contributed by atoms with Crippen LogP contribution in [0.5, 0.6) is 5.75 Å². The molecule has 2 aromatic carbocycles. The summed E-state index contributed by atoms with van der Waals surface area (Å²) in [6.07, 6.45) is 2.36. The van der Waals surface area contributed by atoms with Crippen molar-refractivity contribution in [3.8, 4) is 16.9 Å². The third kappa shape index (κ3) is 6.77. The van der Waals surface area contributed by atoms with Crippen molar-refractivity contribution in [1.82, 2.24) is 14.8 Å². The van der Waals surface area contributed by atoms with Gasteiger partial charge in [0.1, 0.15) is 11.9 Å². The number of benzene rings is 2. The van der Waals surface area contributed by atoms with Crippen LogP contribution in [-0.2, 0) is 4.74 Å². The summed E-state index contributed by atoms with van der Waals surface area (Å²) in [6, 6.07) is 11.4. The maximum absolute atomic E-state index is 14.0. The Labute approximate surface area is 242 Å². The van der Waals surface area contributed by atoms with E-state index in [-0.39, 0.29) is 33.6 Å². The monoisotopic (exact) mass is 588 g/mol. The molecule has 1 saturated heterocycles. The fraction of sp³-hybridized carbons (Fsp3) is 0.345. The lowest BCUT2D eigenvalue weighted by atomic mass is 10.0. The van der Waals surface area contributed by atoms with Crippen LogP contribution < -0.4 is 10.5 Å². The van der Waals surface area contributed by atoms with Gasteiger partial charge in [-0.25, -0.2) is 14.2 Å². The van der Waals surface area contributed by atoms with E-state index in [9.17, 15) is 14.0 Å². The summed E-state index contributed by atoms with van der Waals surface area (Å²) in [7, 11) is 0. The normalized spacial score (nSPS) is 14.1. The van der Waals surface area contributed by atoms with Crippen LogP contribution in [0.1, 0.15) is 48.7 Å². The second-order valence-corrected chi connectivity index (χ2v) is 10.2. The van der Waals surface area contributed by atoms with E-state index < -0.39 is 11.9 Å². The van der Waals surface area contributed by atoms with Crippen LogP contribution in [0.4, 0.5) is 15.0 Å². The van der Waals surface area contributed by atoms with E-state index in [0.717, 1.165) is 18.4 Å². The zero-order valence-electron chi connectivity index (χ0n) is 22.3. The molecule has 2 N–H and O–H groups in total. The molecule has 1 aliphatic heterocycles. The van der Waals surface area contributed by atoms with Crippen LogP contribution in [0, 0.1) is 5.82 Å². The zero-order chi connectivity index (χ0) is 28.8. The molecule has 3 aromatic rings. The van der Waals surface area contributed by atoms with Crippen LogP contribution in [-0.4, -0.2) is 59.6 Å². The minimum absolute atomic E-state index is 0.109. The minimum Gasteiger partial charge on any atom is -0.482 e. The number of unbranched alkanes of at least 4 members (excludes halogenated alkanes) is 1. The highest BCUT2D eigenvalue weighted by atomic mass is 35.5. The molecular formula is C29H31Cl2FN4O4. The molecule has 212 valence electrons. The van der Waals surface area contributed by atoms with Crippen LogP contribution in [0.15, 0.2) is 48.7 Å². The lowest BCUT2D eigenvalue weighted by Gasteiger charge is -2.34. The van der Waals surface area contributed by atoms with E-state index in [4.69, 9.17) is 38.4 Å². The zero-order valence-corrected chi connectivity index (χ0v) is 23.8. The lowest BCUT2D eigenvalue weighted by Crippen LogP contribution is -2.50. The lowest BCUT2D eigenvalue weighted by molar-refractivity contribution is 0.0557. The Hall–Kier alpha value is -3.56. The molecular weight excluding hydrogens is 558 g/mol. The quantitative estimate of drug-likeness (QED) is 0.235. The molecule has 2 amide bonds. The maximum Gasteiger partial charge on any atom is 0.409 e. The summed E-state index contributed by atoms with van der Waals surface area (Å²) in [4.78, 5) is 32.8. The first kappa shape index (κ1) is 29.4. The Balaban J connectivity index is 1.41. The van der Waals surface area contributed by atoms with Crippen molar-refractivity contribution in [2.24, 2.45) is 0 Å². The van der Waals surface area contributed by atoms with Gasteiger partial charge in [0.25, 0.3) is 5.91 Å². The molecule has 1 atom stereocenters. The smallest absolute Gasteiger partial charge is 0.409 e. The predicted molar refractivity (Wildman–Crippen MR) is 153 cm³/mol. The van der Waals surface area contributed by atoms with Crippen molar-refractivity contribution in [3.05, 3.63) is 75.7 Å². The first-order chi connectivity index (χ1) is 19.2. The number of halogens is 3. The fourth-order valence-electron chi connectivity index (χ4n) is 4.35. The third-order valence-corrected chi connectivity index (χ3v) is 7.40. The van der Waals surface area contributed by atoms with Crippen LogP contribution >= 0.6 is 23.2 Å². The number of carbonyl (C=O) groups is 2. The van der Waals surface area contributed by atoms with Gasteiger partial charge < -0.3 is 25.0 Å². The van der Waals surface area contributed by atoms with Gasteiger partial charge in [-0.15, -0.1) is 0 Å². The van der Waals surface area contributed by atoms with Gasteiger partial charge in [-0.2, -0.15) is 0 Å². The topological polar surface area (TPSA) is 98.0 Å². The molecule has 2 heterocycles. The van der Waals surface area contributed by atoms with Gasteiger partial charge in [0, 0.05) is 54.1 Å². The maximum atomic E-state index is 14.0. The van der Waals surface area contributed by atoms with Crippen molar-refractivity contribution < 1.29 is 23.5 Å². The standard InChI is InChI=1S/C29H31Cl2FN4O4/c1-3-4-15-39-29(38)36-13-11-35(12-14-36)28(37)20-7-5-19(6-8-20)21-16-24(27(33)34-17-21)40-18(2)25-22(30)9-10-23(32)26(25)31/h5-10,16-18H,3-4,11-15H2,1-2H3,(H2,33,34). The second kappa shape index (κ2) is 13.2. The molecule has 0 spiro atoms. The minimum atomic E-state index is -0.700. The van der Waals surface area contributed by atoms with E-state index in [0.29, 0.717) is 49.5 Å². The first-order valence-corrected chi connectivity index (χ1v) is 13.8. The molecule has 1 fully saturated rings. The molecule has 0 radical (unpaired) electrons. The highest BCUT2D eigenvalue weighted by molar-refractivity contribution is 6.36. The number of nitrogens with zero attached hydrogens (tertiary/aromatic N) is 3. The number of carbonyl (C=O) groups excluding carboxylic acids is 2. The molecule has 0 bridgehead atoms. The van der Waals surface area contributed by atoms with Crippen molar-refractivity contribution >= 4 is 41.0 Å². The highest BCUT2D eigenvalue weighted by Crippen LogP contribution is 2.37. The Morgan fingerprint density at radius 1 is 1.05 bits per heavy atom. The summed E-state index contributed by atoms with van der Waals surface area (Å²) in [5.41, 5.74) is 8.40. The highest BCUT2D eigenvalue weighted by Gasteiger charge is 2.26. The molecule has 11 heteroatoms. The molecule has 8 nitrogen and oxygen atoms in total. The molecule has 1 unspecified atom stereocenters. The van der Waals surface area contributed by atoms with E-state index in [2.05, 4.69) is 4.98 Å². The van der Waals surface area contributed by atoms with Crippen molar-refractivity contribution in [1.29, 1.82) is 0 Å². The predicted octanol–water partition coefficient (Wildman–Crippen LogP) is 6.61.